The van der Waals surface area contributed by atoms with E-state index in [0.717, 1.165) is 6.42 Å². The second-order valence-corrected chi connectivity index (χ2v) is 5.71. The molecule has 6 N–H and O–H groups in total. The van der Waals surface area contributed by atoms with Gasteiger partial charge in [0.05, 0.1) is 12.1 Å². The van der Waals surface area contributed by atoms with Gasteiger partial charge in [-0.2, -0.15) is 0 Å². The summed E-state index contributed by atoms with van der Waals surface area (Å²) in [6.45, 7) is 1.97. The van der Waals surface area contributed by atoms with E-state index >= 15 is 0 Å². The maximum absolute atomic E-state index is 12.2. The monoisotopic (exact) mass is 345 g/mol. The summed E-state index contributed by atoms with van der Waals surface area (Å²) >= 11 is 0. The van der Waals surface area contributed by atoms with Crippen LogP contribution < -0.4 is 16.0 Å². The number of nitrogens with one attached hydrogen (secondary N) is 3. The van der Waals surface area contributed by atoms with Crippen molar-refractivity contribution in [3.63, 3.8) is 0 Å². The van der Waals surface area contributed by atoms with Crippen LogP contribution in [0.2, 0.25) is 0 Å². The number of carboxylic acid groups (broad SMARTS) is 2. The van der Waals surface area contributed by atoms with Crippen LogP contribution in [0, 0.1) is 0 Å². The Bertz CT molecular complexity index is 489. The molecule has 10 nitrogen and oxygen atoms in total. The Morgan fingerprint density at radius 2 is 1.88 bits per heavy atom. The van der Waals surface area contributed by atoms with Crippen LogP contribution in [0.1, 0.15) is 32.6 Å². The van der Waals surface area contributed by atoms with Gasteiger partial charge < -0.3 is 31.3 Å². The molecule has 2 amide bonds. The van der Waals surface area contributed by atoms with Gasteiger partial charge in [0.15, 0.2) is 0 Å². The van der Waals surface area contributed by atoms with E-state index < -0.39 is 54.4 Å². The number of aliphatic carboxylic acids is 2. The third-order valence-electron chi connectivity index (χ3n) is 3.70. The van der Waals surface area contributed by atoms with Crippen LogP contribution in [0.25, 0.3) is 0 Å². The Morgan fingerprint density at radius 1 is 1.21 bits per heavy atom. The van der Waals surface area contributed by atoms with Crippen molar-refractivity contribution in [2.45, 2.75) is 56.8 Å². The first-order valence-electron chi connectivity index (χ1n) is 7.69. The van der Waals surface area contributed by atoms with Gasteiger partial charge in [-0.15, -0.1) is 0 Å². The molecular weight excluding hydrogens is 322 g/mol. The van der Waals surface area contributed by atoms with Gasteiger partial charge in [-0.3, -0.25) is 14.4 Å². The summed E-state index contributed by atoms with van der Waals surface area (Å²) in [6.07, 6.45) is -0.559. The number of hydrogen-bond acceptors (Lipinski definition) is 6. The molecule has 0 saturated carbocycles. The fourth-order valence-corrected chi connectivity index (χ4v) is 2.35. The molecule has 1 aliphatic heterocycles. The summed E-state index contributed by atoms with van der Waals surface area (Å²) in [5.41, 5.74) is 0. The van der Waals surface area contributed by atoms with E-state index in [0.29, 0.717) is 13.0 Å². The minimum Gasteiger partial charge on any atom is -0.481 e. The first kappa shape index (κ1) is 19.8. The van der Waals surface area contributed by atoms with E-state index in [1.165, 1.54) is 6.92 Å². The SMILES string of the molecule is CC(O)C(NC(=O)C1CCCN1)C(=O)NC(CCC(=O)O)C(=O)O. The number of carbonyl (C=O) groups excluding carboxylic acids is 2. The van der Waals surface area contributed by atoms with Crippen molar-refractivity contribution in [3.05, 3.63) is 0 Å². The van der Waals surface area contributed by atoms with Crippen molar-refractivity contribution in [1.82, 2.24) is 16.0 Å². The molecular formula is C14H23N3O7. The zero-order valence-corrected chi connectivity index (χ0v) is 13.3. The predicted octanol–water partition coefficient (Wildman–Crippen LogP) is -1.96. The van der Waals surface area contributed by atoms with Crippen LogP contribution in [0.4, 0.5) is 0 Å². The summed E-state index contributed by atoms with van der Waals surface area (Å²) in [7, 11) is 0. The molecule has 4 atom stereocenters. The largest absolute Gasteiger partial charge is 0.481 e. The van der Waals surface area contributed by atoms with Gasteiger partial charge >= 0.3 is 11.9 Å². The number of aliphatic hydroxyl groups excluding tert-OH is 1. The number of carbonyl (C=O) groups is 4. The smallest absolute Gasteiger partial charge is 0.326 e. The molecule has 0 aliphatic carbocycles. The topological polar surface area (TPSA) is 165 Å². The molecule has 24 heavy (non-hydrogen) atoms. The fourth-order valence-electron chi connectivity index (χ4n) is 2.35. The molecule has 1 heterocycles. The summed E-state index contributed by atoms with van der Waals surface area (Å²) in [4.78, 5) is 45.9. The summed E-state index contributed by atoms with van der Waals surface area (Å²) < 4.78 is 0. The van der Waals surface area contributed by atoms with Gasteiger partial charge in [0.1, 0.15) is 12.1 Å². The van der Waals surface area contributed by atoms with Crippen molar-refractivity contribution in [2.24, 2.45) is 0 Å². The van der Waals surface area contributed by atoms with Crippen LogP contribution in [0.5, 0.6) is 0 Å². The first-order chi connectivity index (χ1) is 11.2. The van der Waals surface area contributed by atoms with E-state index in [9.17, 15) is 24.3 Å². The molecule has 1 aliphatic rings. The highest BCUT2D eigenvalue weighted by Gasteiger charge is 2.32. The Labute approximate surface area is 138 Å². The third-order valence-corrected chi connectivity index (χ3v) is 3.70. The lowest BCUT2D eigenvalue weighted by molar-refractivity contribution is -0.144. The van der Waals surface area contributed by atoms with Gasteiger partial charge in [-0.05, 0) is 32.7 Å². The average Bonchev–Trinajstić information content (AvgIpc) is 3.02. The molecule has 4 unspecified atom stereocenters. The molecule has 1 saturated heterocycles. The second-order valence-electron chi connectivity index (χ2n) is 5.71. The Balaban J connectivity index is 2.68. The van der Waals surface area contributed by atoms with Gasteiger partial charge in [-0.25, -0.2) is 4.79 Å². The molecule has 0 aromatic heterocycles. The molecule has 1 fully saturated rings. The van der Waals surface area contributed by atoms with Crippen LogP contribution in [-0.4, -0.2) is 69.8 Å². The quantitative estimate of drug-likeness (QED) is 0.280. The molecule has 136 valence electrons. The van der Waals surface area contributed by atoms with Crippen LogP contribution >= 0.6 is 0 Å². The van der Waals surface area contributed by atoms with Gasteiger partial charge in [0, 0.05) is 6.42 Å². The zero-order chi connectivity index (χ0) is 18.3. The molecule has 10 heteroatoms. The number of carboxylic acids is 2. The average molecular weight is 345 g/mol. The van der Waals surface area contributed by atoms with Gasteiger partial charge in [0.25, 0.3) is 0 Å². The van der Waals surface area contributed by atoms with Gasteiger partial charge in [0.2, 0.25) is 11.8 Å². The fraction of sp³-hybridized carbons (Fsp3) is 0.714. The van der Waals surface area contributed by atoms with E-state index in [1.807, 2.05) is 0 Å². The maximum Gasteiger partial charge on any atom is 0.326 e. The Kier molecular flexibility index (Phi) is 7.59. The molecule has 0 aromatic rings. The number of aliphatic hydroxyl groups is 1. The van der Waals surface area contributed by atoms with E-state index in [4.69, 9.17) is 10.2 Å². The molecule has 0 bridgehead atoms. The van der Waals surface area contributed by atoms with Crippen LogP contribution in [0.3, 0.4) is 0 Å². The lowest BCUT2D eigenvalue weighted by Gasteiger charge is -2.24. The molecule has 0 aromatic carbocycles. The van der Waals surface area contributed by atoms with Gasteiger partial charge in [-0.1, -0.05) is 0 Å². The molecule has 0 radical (unpaired) electrons. The molecule has 1 rings (SSSR count). The third kappa shape index (κ3) is 6.13. The number of rotatable bonds is 9. The standard InChI is InChI=1S/C14H23N3O7/c1-7(18)11(17-12(21)8-3-2-6-15-8)13(22)16-9(14(23)24)4-5-10(19)20/h7-9,11,15,18H,2-6H2,1H3,(H,16,22)(H,17,21)(H,19,20)(H,23,24). The number of hydrogen-bond donors (Lipinski definition) is 6. The van der Waals surface area contributed by atoms with Crippen molar-refractivity contribution in [2.75, 3.05) is 6.54 Å². The minimum atomic E-state index is -1.42. The predicted molar refractivity (Wildman–Crippen MR) is 81.1 cm³/mol. The summed E-state index contributed by atoms with van der Waals surface area (Å²) in [6, 6.07) is -3.20. The van der Waals surface area contributed by atoms with Crippen molar-refractivity contribution in [1.29, 1.82) is 0 Å². The summed E-state index contributed by atoms with van der Waals surface area (Å²) in [5.74, 6) is -3.92. The van der Waals surface area contributed by atoms with E-state index in [2.05, 4.69) is 16.0 Å². The first-order valence-corrected chi connectivity index (χ1v) is 7.69. The van der Waals surface area contributed by atoms with Crippen molar-refractivity contribution < 1.29 is 34.5 Å². The lowest BCUT2D eigenvalue weighted by Crippen LogP contribution is -2.58. The van der Waals surface area contributed by atoms with Crippen LogP contribution in [0.15, 0.2) is 0 Å². The minimum absolute atomic E-state index is 0.305. The lowest BCUT2D eigenvalue weighted by atomic mass is 10.1. The zero-order valence-electron chi connectivity index (χ0n) is 13.3. The van der Waals surface area contributed by atoms with E-state index in [-0.39, 0.29) is 6.42 Å². The van der Waals surface area contributed by atoms with E-state index in [1.54, 1.807) is 0 Å². The van der Waals surface area contributed by atoms with Crippen LogP contribution in [-0.2, 0) is 19.2 Å². The maximum atomic E-state index is 12.2. The number of amides is 2. The highest BCUT2D eigenvalue weighted by atomic mass is 16.4. The van der Waals surface area contributed by atoms with Crippen molar-refractivity contribution >= 4 is 23.8 Å². The Hall–Kier alpha value is -2.20. The second kappa shape index (κ2) is 9.18. The highest BCUT2D eigenvalue weighted by molar-refractivity contribution is 5.92. The molecule has 0 spiro atoms. The van der Waals surface area contributed by atoms with Crippen molar-refractivity contribution in [3.8, 4) is 0 Å². The Morgan fingerprint density at radius 3 is 2.33 bits per heavy atom. The normalized spacial score (nSPS) is 20.7. The summed E-state index contributed by atoms with van der Waals surface area (Å²) in [5, 5.41) is 34.8. The highest BCUT2D eigenvalue weighted by Crippen LogP contribution is 2.06.